The number of amides is 2. The van der Waals surface area contributed by atoms with Gasteiger partial charge in [-0.2, -0.15) is 0 Å². The third-order valence-corrected chi connectivity index (χ3v) is 3.70. The summed E-state index contributed by atoms with van der Waals surface area (Å²) in [4.78, 5) is 25.1. The molecule has 7 nitrogen and oxygen atoms in total. The highest BCUT2D eigenvalue weighted by Gasteiger charge is 2.21. The second-order valence-corrected chi connectivity index (χ2v) is 5.52. The summed E-state index contributed by atoms with van der Waals surface area (Å²) in [6.07, 6.45) is 1.51. The Balaban J connectivity index is 0.00000312. The van der Waals surface area contributed by atoms with E-state index in [0.717, 1.165) is 25.2 Å². The molecule has 1 aromatic carbocycles. The van der Waals surface area contributed by atoms with Crippen molar-refractivity contribution in [3.63, 3.8) is 0 Å². The number of methoxy groups -OCH3 is 1. The SMILES string of the molecule is COCCNCCNC(=O)COc1ccc(N2CCCC2=O)cc1.Cl. The van der Waals surface area contributed by atoms with Crippen LogP contribution in [0.3, 0.4) is 0 Å². The molecule has 0 radical (unpaired) electrons. The number of benzene rings is 1. The highest BCUT2D eigenvalue weighted by Crippen LogP contribution is 2.23. The van der Waals surface area contributed by atoms with Gasteiger partial charge in [0.1, 0.15) is 5.75 Å². The Morgan fingerprint density at radius 1 is 1.20 bits per heavy atom. The fourth-order valence-electron chi connectivity index (χ4n) is 2.43. The van der Waals surface area contributed by atoms with Crippen molar-refractivity contribution in [2.24, 2.45) is 0 Å². The van der Waals surface area contributed by atoms with Gasteiger partial charge < -0.3 is 25.0 Å². The van der Waals surface area contributed by atoms with Crippen LogP contribution in [0.5, 0.6) is 5.75 Å². The first kappa shape index (κ1) is 21.2. The summed E-state index contributed by atoms with van der Waals surface area (Å²) in [5.74, 6) is 0.600. The van der Waals surface area contributed by atoms with E-state index >= 15 is 0 Å². The predicted molar refractivity (Wildman–Crippen MR) is 98.5 cm³/mol. The Morgan fingerprint density at radius 2 is 1.96 bits per heavy atom. The van der Waals surface area contributed by atoms with E-state index in [1.807, 2.05) is 12.1 Å². The quantitative estimate of drug-likeness (QED) is 0.599. The molecular weight excluding hydrogens is 346 g/mol. The third kappa shape index (κ3) is 7.29. The standard InChI is InChI=1S/C17H25N3O4.ClH/c1-23-12-10-18-8-9-19-16(21)13-24-15-6-4-14(5-7-15)20-11-2-3-17(20)22;/h4-7,18H,2-3,8-13H2,1H3,(H,19,21);1H. The molecule has 0 saturated carbocycles. The second-order valence-electron chi connectivity index (χ2n) is 5.52. The molecule has 25 heavy (non-hydrogen) atoms. The van der Waals surface area contributed by atoms with Crippen LogP contribution in [0.25, 0.3) is 0 Å². The number of nitrogens with zero attached hydrogens (tertiary/aromatic N) is 1. The zero-order valence-corrected chi connectivity index (χ0v) is 15.3. The molecule has 0 aliphatic carbocycles. The zero-order valence-electron chi connectivity index (χ0n) is 14.5. The smallest absolute Gasteiger partial charge is 0.257 e. The monoisotopic (exact) mass is 371 g/mol. The van der Waals surface area contributed by atoms with Crippen molar-refractivity contribution in [1.82, 2.24) is 10.6 Å². The topological polar surface area (TPSA) is 79.9 Å². The number of nitrogens with one attached hydrogen (secondary N) is 2. The summed E-state index contributed by atoms with van der Waals surface area (Å²) in [5.41, 5.74) is 0.872. The van der Waals surface area contributed by atoms with Crippen LogP contribution < -0.4 is 20.3 Å². The van der Waals surface area contributed by atoms with Gasteiger partial charge in [-0.3, -0.25) is 9.59 Å². The number of halogens is 1. The molecule has 1 heterocycles. The Labute approximate surface area is 154 Å². The molecule has 140 valence electrons. The summed E-state index contributed by atoms with van der Waals surface area (Å²) >= 11 is 0. The lowest BCUT2D eigenvalue weighted by molar-refractivity contribution is -0.123. The van der Waals surface area contributed by atoms with Crippen molar-refractivity contribution in [2.45, 2.75) is 12.8 Å². The number of carbonyl (C=O) groups excluding carboxylic acids is 2. The van der Waals surface area contributed by atoms with E-state index in [9.17, 15) is 9.59 Å². The van der Waals surface area contributed by atoms with Crippen LogP contribution in [-0.4, -0.2) is 58.3 Å². The molecule has 0 unspecified atom stereocenters. The minimum atomic E-state index is -0.165. The number of ether oxygens (including phenoxy) is 2. The Hall–Kier alpha value is -1.83. The van der Waals surface area contributed by atoms with Crippen LogP contribution >= 0.6 is 12.4 Å². The average Bonchev–Trinajstić information content (AvgIpc) is 3.02. The maximum Gasteiger partial charge on any atom is 0.257 e. The highest BCUT2D eigenvalue weighted by molar-refractivity contribution is 5.95. The predicted octanol–water partition coefficient (Wildman–Crippen LogP) is 0.966. The lowest BCUT2D eigenvalue weighted by Gasteiger charge is -2.16. The number of anilines is 1. The van der Waals surface area contributed by atoms with Gasteiger partial charge in [-0.1, -0.05) is 0 Å². The largest absolute Gasteiger partial charge is 0.484 e. The van der Waals surface area contributed by atoms with E-state index in [1.54, 1.807) is 24.1 Å². The summed E-state index contributed by atoms with van der Waals surface area (Å²) in [6.45, 7) is 3.38. The third-order valence-electron chi connectivity index (χ3n) is 3.70. The summed E-state index contributed by atoms with van der Waals surface area (Å²) in [6, 6.07) is 7.24. The van der Waals surface area contributed by atoms with E-state index < -0.39 is 0 Å². The van der Waals surface area contributed by atoms with Gasteiger partial charge in [0, 0.05) is 45.4 Å². The van der Waals surface area contributed by atoms with Gasteiger partial charge in [-0.05, 0) is 30.7 Å². The number of rotatable bonds is 10. The molecule has 1 saturated heterocycles. The summed E-state index contributed by atoms with van der Waals surface area (Å²) < 4.78 is 10.4. The molecule has 0 bridgehead atoms. The van der Waals surface area contributed by atoms with E-state index in [2.05, 4.69) is 10.6 Å². The highest BCUT2D eigenvalue weighted by atomic mass is 35.5. The molecule has 0 aromatic heterocycles. The fourth-order valence-corrected chi connectivity index (χ4v) is 2.43. The van der Waals surface area contributed by atoms with Gasteiger partial charge in [-0.25, -0.2) is 0 Å². The van der Waals surface area contributed by atoms with Crippen molar-refractivity contribution in [1.29, 1.82) is 0 Å². The van der Waals surface area contributed by atoms with Crippen molar-refractivity contribution < 1.29 is 19.1 Å². The maximum atomic E-state index is 11.7. The van der Waals surface area contributed by atoms with Crippen LogP contribution in [0.15, 0.2) is 24.3 Å². The normalized spacial score (nSPS) is 13.5. The lowest BCUT2D eigenvalue weighted by atomic mass is 10.3. The van der Waals surface area contributed by atoms with Gasteiger partial charge in [0.15, 0.2) is 6.61 Å². The zero-order chi connectivity index (χ0) is 17.2. The van der Waals surface area contributed by atoms with Crippen molar-refractivity contribution in [3.8, 4) is 5.75 Å². The molecule has 8 heteroatoms. The van der Waals surface area contributed by atoms with E-state index in [1.165, 1.54) is 0 Å². The number of hydrogen-bond acceptors (Lipinski definition) is 5. The van der Waals surface area contributed by atoms with Crippen LogP contribution in [0.2, 0.25) is 0 Å². The van der Waals surface area contributed by atoms with Gasteiger partial charge >= 0.3 is 0 Å². The molecule has 2 rings (SSSR count). The minimum absolute atomic E-state index is 0. The van der Waals surface area contributed by atoms with Crippen molar-refractivity contribution >= 4 is 29.9 Å². The number of carbonyl (C=O) groups is 2. The van der Waals surface area contributed by atoms with Crippen LogP contribution in [-0.2, 0) is 14.3 Å². The molecule has 0 atom stereocenters. The maximum absolute atomic E-state index is 11.7. The molecule has 1 aliphatic heterocycles. The van der Waals surface area contributed by atoms with Gasteiger partial charge in [0.2, 0.25) is 5.91 Å². The molecule has 2 N–H and O–H groups in total. The second kappa shape index (κ2) is 11.7. The molecular formula is C17H26ClN3O4. The first-order chi connectivity index (χ1) is 11.7. The van der Waals surface area contributed by atoms with Gasteiger partial charge in [0.05, 0.1) is 6.61 Å². The molecule has 2 amide bonds. The van der Waals surface area contributed by atoms with E-state index in [-0.39, 0.29) is 30.8 Å². The lowest BCUT2D eigenvalue weighted by Crippen LogP contribution is -2.35. The molecule has 0 spiro atoms. The van der Waals surface area contributed by atoms with Gasteiger partial charge in [0.25, 0.3) is 5.91 Å². The van der Waals surface area contributed by atoms with Crippen molar-refractivity contribution in [3.05, 3.63) is 24.3 Å². The molecule has 1 aromatic rings. The average molecular weight is 372 g/mol. The van der Waals surface area contributed by atoms with Crippen molar-refractivity contribution in [2.75, 3.05) is 51.4 Å². The van der Waals surface area contributed by atoms with E-state index in [0.29, 0.717) is 31.9 Å². The Morgan fingerprint density at radius 3 is 2.60 bits per heavy atom. The summed E-state index contributed by atoms with van der Waals surface area (Å²) in [5, 5.41) is 5.91. The first-order valence-electron chi connectivity index (χ1n) is 8.20. The number of hydrogen-bond donors (Lipinski definition) is 2. The van der Waals surface area contributed by atoms with Crippen LogP contribution in [0.4, 0.5) is 5.69 Å². The van der Waals surface area contributed by atoms with E-state index in [4.69, 9.17) is 9.47 Å². The Bertz CT molecular complexity index is 539. The van der Waals surface area contributed by atoms with Gasteiger partial charge in [-0.15, -0.1) is 12.4 Å². The first-order valence-corrected chi connectivity index (χ1v) is 8.20. The summed E-state index contributed by atoms with van der Waals surface area (Å²) in [7, 11) is 1.65. The van der Waals surface area contributed by atoms with Crippen LogP contribution in [0.1, 0.15) is 12.8 Å². The minimum Gasteiger partial charge on any atom is -0.484 e. The molecule has 1 fully saturated rings. The Kier molecular flexibility index (Phi) is 9.91. The van der Waals surface area contributed by atoms with Crippen LogP contribution in [0, 0.1) is 0 Å². The molecule has 1 aliphatic rings. The fraction of sp³-hybridized carbons (Fsp3) is 0.529.